The van der Waals surface area contributed by atoms with Crippen molar-refractivity contribution in [2.75, 3.05) is 0 Å². The molecule has 14 heavy (non-hydrogen) atoms. The third-order valence-electron chi connectivity index (χ3n) is 1.60. The molecule has 0 aromatic carbocycles. The van der Waals surface area contributed by atoms with E-state index in [1.54, 1.807) is 0 Å². The first-order valence-electron chi connectivity index (χ1n) is 4.28. The van der Waals surface area contributed by atoms with Gasteiger partial charge in [-0.15, -0.1) is 0 Å². The minimum absolute atomic E-state index is 0.332. The molecule has 0 amide bonds. The van der Waals surface area contributed by atoms with Crippen LogP contribution in [0.3, 0.4) is 0 Å². The summed E-state index contributed by atoms with van der Waals surface area (Å²) in [5.41, 5.74) is 1.52. The van der Waals surface area contributed by atoms with Gasteiger partial charge in [0.25, 0.3) is 0 Å². The lowest BCUT2D eigenvalue weighted by Crippen LogP contribution is -2.19. The van der Waals surface area contributed by atoms with Gasteiger partial charge in [-0.3, -0.25) is 0 Å². The van der Waals surface area contributed by atoms with Gasteiger partial charge in [0.1, 0.15) is 17.2 Å². The van der Waals surface area contributed by atoms with E-state index in [4.69, 9.17) is 4.52 Å². The lowest BCUT2D eigenvalue weighted by atomic mass is 10.3. The second-order valence-corrected chi connectivity index (χ2v) is 5.89. The summed E-state index contributed by atoms with van der Waals surface area (Å²) < 4.78 is 19.9. The van der Waals surface area contributed by atoms with E-state index in [1.165, 1.54) is 12.5 Å². The van der Waals surface area contributed by atoms with Gasteiger partial charge in [-0.05, 0) is 27.7 Å². The fraction of sp³-hybridized carbons (Fsp3) is 0.556. The van der Waals surface area contributed by atoms with Crippen molar-refractivity contribution < 1.29 is 8.73 Å². The minimum Gasteiger partial charge on any atom is -0.364 e. The van der Waals surface area contributed by atoms with Gasteiger partial charge in [0.05, 0.1) is 22.2 Å². The highest BCUT2D eigenvalue weighted by molar-refractivity contribution is 7.85. The first-order valence-corrected chi connectivity index (χ1v) is 5.39. The predicted molar refractivity (Wildman–Crippen MR) is 56.7 cm³/mol. The first kappa shape index (κ1) is 11.1. The number of rotatable bonds is 2. The summed E-state index contributed by atoms with van der Waals surface area (Å²) in [4.78, 5) is 0. The van der Waals surface area contributed by atoms with Gasteiger partial charge >= 0.3 is 0 Å². The maximum atomic E-state index is 11.5. The number of hydrogen-bond donors (Lipinski definition) is 0. The summed E-state index contributed by atoms with van der Waals surface area (Å²) >= 11 is 0. The summed E-state index contributed by atoms with van der Waals surface area (Å²) in [7, 11) is -1.23. The van der Waals surface area contributed by atoms with E-state index in [1.807, 2.05) is 27.7 Å². The van der Waals surface area contributed by atoms with Crippen molar-refractivity contribution in [2.45, 2.75) is 32.4 Å². The summed E-state index contributed by atoms with van der Waals surface area (Å²) in [5.74, 6) is 0. The number of aryl methyl sites for hydroxylation is 1. The van der Waals surface area contributed by atoms with E-state index < -0.39 is 11.0 Å². The zero-order chi connectivity index (χ0) is 10.8. The van der Waals surface area contributed by atoms with E-state index in [0.29, 0.717) is 0 Å². The Morgan fingerprint density at radius 1 is 1.57 bits per heavy atom. The van der Waals surface area contributed by atoms with Gasteiger partial charge in [0.15, 0.2) is 0 Å². The lowest BCUT2D eigenvalue weighted by molar-refractivity contribution is 0.415. The van der Waals surface area contributed by atoms with Crippen LogP contribution in [0.5, 0.6) is 0 Å². The maximum Gasteiger partial charge on any atom is 0.144 e. The van der Waals surface area contributed by atoms with E-state index in [2.05, 4.69) is 9.55 Å². The summed E-state index contributed by atoms with van der Waals surface area (Å²) in [6, 6.07) is 0. The Labute approximate surface area is 86.0 Å². The molecule has 1 heterocycles. The van der Waals surface area contributed by atoms with Crippen molar-refractivity contribution >= 4 is 17.2 Å². The Hall–Kier alpha value is -0.970. The highest BCUT2D eigenvalue weighted by Crippen LogP contribution is 2.12. The van der Waals surface area contributed by atoms with Crippen LogP contribution in [0.2, 0.25) is 0 Å². The molecule has 0 aliphatic heterocycles. The number of nitrogens with zero attached hydrogens (tertiary/aromatic N) is 2. The van der Waals surface area contributed by atoms with Crippen molar-refractivity contribution in [3.8, 4) is 0 Å². The number of hydrogen-bond acceptors (Lipinski definition) is 3. The van der Waals surface area contributed by atoms with Gasteiger partial charge in [-0.1, -0.05) is 5.16 Å². The quantitative estimate of drug-likeness (QED) is 0.706. The molecule has 0 N–H and O–H groups in total. The molecule has 4 nitrogen and oxygen atoms in total. The molecule has 0 saturated heterocycles. The average Bonchev–Trinajstić information content (AvgIpc) is 2.45. The van der Waals surface area contributed by atoms with Crippen molar-refractivity contribution in [3.63, 3.8) is 0 Å². The number of aromatic nitrogens is 1. The molecular formula is C9H14N2O2S. The largest absolute Gasteiger partial charge is 0.364 e. The Balaban J connectivity index is 2.75. The molecule has 1 aromatic rings. The SMILES string of the molecule is Cc1nocc1/C=N/S(=O)C(C)(C)C. The molecule has 0 fully saturated rings. The van der Waals surface area contributed by atoms with Crippen LogP contribution in [0.15, 0.2) is 15.2 Å². The van der Waals surface area contributed by atoms with Crippen molar-refractivity contribution in [1.82, 2.24) is 5.16 Å². The monoisotopic (exact) mass is 214 g/mol. The Morgan fingerprint density at radius 3 is 2.64 bits per heavy atom. The fourth-order valence-corrected chi connectivity index (χ4v) is 1.21. The molecule has 1 unspecified atom stereocenters. The summed E-state index contributed by atoms with van der Waals surface area (Å²) in [5, 5.41) is 3.69. The highest BCUT2D eigenvalue weighted by Gasteiger charge is 2.18. The summed E-state index contributed by atoms with van der Waals surface area (Å²) in [6.45, 7) is 7.44. The molecule has 1 atom stereocenters. The van der Waals surface area contributed by atoms with Crippen LogP contribution in [0.4, 0.5) is 0 Å². The van der Waals surface area contributed by atoms with Gasteiger partial charge in [-0.2, -0.15) is 4.40 Å². The molecule has 0 bridgehead atoms. The molecular weight excluding hydrogens is 200 g/mol. The third-order valence-corrected chi connectivity index (χ3v) is 2.94. The first-order chi connectivity index (χ1) is 6.41. The fourth-order valence-electron chi connectivity index (χ4n) is 0.687. The van der Waals surface area contributed by atoms with Crippen molar-refractivity contribution in [1.29, 1.82) is 0 Å². The molecule has 0 spiro atoms. The van der Waals surface area contributed by atoms with Gasteiger partial charge in [0, 0.05) is 0 Å². The van der Waals surface area contributed by atoms with E-state index in [-0.39, 0.29) is 4.75 Å². The normalized spacial score (nSPS) is 14.9. The van der Waals surface area contributed by atoms with Gasteiger partial charge < -0.3 is 4.52 Å². The van der Waals surface area contributed by atoms with Gasteiger partial charge in [-0.25, -0.2) is 4.21 Å². The topological polar surface area (TPSA) is 55.5 Å². The maximum absolute atomic E-state index is 11.5. The lowest BCUT2D eigenvalue weighted by Gasteiger charge is -2.12. The van der Waals surface area contributed by atoms with Crippen LogP contribution in [0, 0.1) is 6.92 Å². The van der Waals surface area contributed by atoms with Crippen LogP contribution in [0.25, 0.3) is 0 Å². The van der Waals surface area contributed by atoms with Crippen LogP contribution < -0.4 is 0 Å². The van der Waals surface area contributed by atoms with Crippen LogP contribution in [-0.2, 0) is 11.0 Å². The Bertz CT molecular complexity index is 363. The van der Waals surface area contributed by atoms with E-state index in [9.17, 15) is 4.21 Å². The van der Waals surface area contributed by atoms with Crippen LogP contribution >= 0.6 is 0 Å². The standard InChI is InChI=1S/C9H14N2O2S/c1-7-8(6-13-11-7)5-10-14(12)9(2,3)4/h5-6H,1-4H3/b10-5+. The zero-order valence-corrected chi connectivity index (χ0v) is 9.59. The molecule has 1 rings (SSSR count). The molecule has 0 radical (unpaired) electrons. The summed E-state index contributed by atoms with van der Waals surface area (Å²) in [6.07, 6.45) is 3.02. The molecule has 0 saturated carbocycles. The second kappa shape index (κ2) is 4.04. The van der Waals surface area contributed by atoms with Gasteiger partial charge in [0.2, 0.25) is 0 Å². The highest BCUT2D eigenvalue weighted by atomic mass is 32.2. The molecule has 0 aliphatic carbocycles. The van der Waals surface area contributed by atoms with Crippen molar-refractivity contribution in [2.24, 2.45) is 4.40 Å². The predicted octanol–water partition coefficient (Wildman–Crippen LogP) is 1.86. The van der Waals surface area contributed by atoms with Crippen LogP contribution in [0.1, 0.15) is 32.0 Å². The van der Waals surface area contributed by atoms with E-state index in [0.717, 1.165) is 11.3 Å². The molecule has 78 valence electrons. The second-order valence-electron chi connectivity index (χ2n) is 3.95. The zero-order valence-electron chi connectivity index (χ0n) is 8.77. The van der Waals surface area contributed by atoms with Crippen LogP contribution in [-0.4, -0.2) is 20.3 Å². The van der Waals surface area contributed by atoms with Crippen molar-refractivity contribution in [3.05, 3.63) is 17.5 Å². The third kappa shape index (κ3) is 2.77. The Kier molecular flexibility index (Phi) is 3.21. The molecule has 0 aliphatic rings. The molecule has 5 heteroatoms. The molecule has 1 aromatic heterocycles. The Morgan fingerprint density at radius 2 is 2.21 bits per heavy atom. The average molecular weight is 214 g/mol. The minimum atomic E-state index is -1.23. The van der Waals surface area contributed by atoms with E-state index >= 15 is 0 Å². The smallest absolute Gasteiger partial charge is 0.144 e.